The van der Waals surface area contributed by atoms with Crippen LogP contribution in [0.15, 0.2) is 29.4 Å². The van der Waals surface area contributed by atoms with Crippen LogP contribution in [0, 0.1) is 0 Å². The zero-order chi connectivity index (χ0) is 12.6. The van der Waals surface area contributed by atoms with Crippen LogP contribution < -0.4 is 5.73 Å². The van der Waals surface area contributed by atoms with Gasteiger partial charge in [-0.3, -0.25) is 0 Å². The SMILES string of the molecule is CC(C)Sc1cccn2c(C(C)(C)N)ncc12. The zero-order valence-electron chi connectivity index (χ0n) is 10.8. The first-order chi connectivity index (χ1) is 7.89. The molecular weight excluding hydrogens is 230 g/mol. The van der Waals surface area contributed by atoms with Gasteiger partial charge in [-0.15, -0.1) is 11.8 Å². The highest BCUT2D eigenvalue weighted by Crippen LogP contribution is 2.29. The average molecular weight is 249 g/mol. The largest absolute Gasteiger partial charge is 0.319 e. The molecule has 2 aromatic heterocycles. The van der Waals surface area contributed by atoms with Gasteiger partial charge in [-0.2, -0.15) is 0 Å². The first-order valence-electron chi connectivity index (χ1n) is 5.81. The molecule has 2 N–H and O–H groups in total. The van der Waals surface area contributed by atoms with Gasteiger partial charge in [0.15, 0.2) is 0 Å². The van der Waals surface area contributed by atoms with E-state index in [2.05, 4.69) is 35.4 Å². The van der Waals surface area contributed by atoms with Crippen molar-refractivity contribution in [3.05, 3.63) is 30.4 Å². The van der Waals surface area contributed by atoms with Gasteiger partial charge in [-0.25, -0.2) is 4.98 Å². The highest BCUT2D eigenvalue weighted by molar-refractivity contribution is 8.00. The van der Waals surface area contributed by atoms with Crippen molar-refractivity contribution < 1.29 is 0 Å². The molecule has 2 heterocycles. The molecule has 3 nitrogen and oxygen atoms in total. The van der Waals surface area contributed by atoms with E-state index < -0.39 is 5.54 Å². The molecule has 0 unspecified atom stereocenters. The van der Waals surface area contributed by atoms with Crippen LogP contribution in [0.5, 0.6) is 0 Å². The minimum absolute atomic E-state index is 0.423. The van der Waals surface area contributed by atoms with Gasteiger partial charge in [0, 0.05) is 16.3 Å². The van der Waals surface area contributed by atoms with Crippen LogP contribution in [-0.4, -0.2) is 14.6 Å². The lowest BCUT2D eigenvalue weighted by Gasteiger charge is -2.17. The van der Waals surface area contributed by atoms with Crippen LogP contribution in [0.25, 0.3) is 5.52 Å². The molecule has 0 saturated carbocycles. The monoisotopic (exact) mass is 249 g/mol. The lowest BCUT2D eigenvalue weighted by atomic mass is 10.1. The summed E-state index contributed by atoms with van der Waals surface area (Å²) >= 11 is 1.85. The fraction of sp³-hybridized carbons (Fsp3) is 0.462. The van der Waals surface area contributed by atoms with Crippen LogP contribution in [0.1, 0.15) is 33.5 Å². The second-order valence-electron chi connectivity index (χ2n) is 5.10. The van der Waals surface area contributed by atoms with E-state index in [0.29, 0.717) is 5.25 Å². The zero-order valence-corrected chi connectivity index (χ0v) is 11.6. The van der Waals surface area contributed by atoms with E-state index in [1.165, 1.54) is 4.90 Å². The van der Waals surface area contributed by atoms with E-state index in [4.69, 9.17) is 5.73 Å². The number of nitrogens with two attached hydrogens (primary N) is 1. The van der Waals surface area contributed by atoms with Gasteiger partial charge in [0.25, 0.3) is 0 Å². The summed E-state index contributed by atoms with van der Waals surface area (Å²) < 4.78 is 2.09. The maximum absolute atomic E-state index is 6.13. The number of thioether (sulfide) groups is 1. The van der Waals surface area contributed by atoms with E-state index >= 15 is 0 Å². The Bertz CT molecular complexity index is 523. The number of fused-ring (bicyclic) bond motifs is 1. The van der Waals surface area contributed by atoms with Crippen LogP contribution in [0.4, 0.5) is 0 Å². The van der Waals surface area contributed by atoms with E-state index in [9.17, 15) is 0 Å². The minimum atomic E-state index is -0.423. The first-order valence-corrected chi connectivity index (χ1v) is 6.69. The van der Waals surface area contributed by atoms with Crippen LogP contribution in [0.2, 0.25) is 0 Å². The first kappa shape index (κ1) is 12.5. The van der Waals surface area contributed by atoms with Crippen LogP contribution in [0.3, 0.4) is 0 Å². The van der Waals surface area contributed by atoms with Gasteiger partial charge in [-0.1, -0.05) is 13.8 Å². The third-order valence-corrected chi connectivity index (χ3v) is 3.54. The summed E-state index contributed by atoms with van der Waals surface area (Å²) in [4.78, 5) is 5.71. The molecule has 2 rings (SSSR count). The number of nitrogens with zero attached hydrogens (tertiary/aromatic N) is 2. The average Bonchev–Trinajstić information content (AvgIpc) is 2.60. The highest BCUT2D eigenvalue weighted by Gasteiger charge is 2.20. The minimum Gasteiger partial charge on any atom is -0.319 e. The van der Waals surface area contributed by atoms with E-state index in [1.54, 1.807) is 0 Å². The van der Waals surface area contributed by atoms with Crippen molar-refractivity contribution in [3.8, 4) is 0 Å². The van der Waals surface area contributed by atoms with E-state index in [0.717, 1.165) is 11.3 Å². The fourth-order valence-corrected chi connectivity index (χ4v) is 2.76. The molecule has 0 spiro atoms. The van der Waals surface area contributed by atoms with Gasteiger partial charge in [-0.05, 0) is 26.0 Å². The second kappa shape index (κ2) is 4.35. The summed E-state index contributed by atoms with van der Waals surface area (Å²) in [5.41, 5.74) is 6.84. The standard InChI is InChI=1S/C13H19N3S/c1-9(2)17-11-6-5-7-16-10(11)8-15-12(16)13(3,4)14/h5-9H,14H2,1-4H3. The number of hydrogen-bond acceptors (Lipinski definition) is 3. The Balaban J connectivity index is 2.57. The molecule has 0 saturated heterocycles. The molecule has 0 amide bonds. The molecule has 0 fully saturated rings. The third-order valence-electron chi connectivity index (χ3n) is 2.47. The van der Waals surface area contributed by atoms with Gasteiger partial charge >= 0.3 is 0 Å². The van der Waals surface area contributed by atoms with Gasteiger partial charge in [0.2, 0.25) is 0 Å². The Morgan fingerprint density at radius 2 is 2.12 bits per heavy atom. The maximum Gasteiger partial charge on any atom is 0.132 e. The van der Waals surface area contributed by atoms with Crippen LogP contribution in [-0.2, 0) is 5.54 Å². The predicted molar refractivity (Wildman–Crippen MR) is 73.4 cm³/mol. The van der Waals surface area contributed by atoms with Crippen molar-refractivity contribution in [2.45, 2.75) is 43.4 Å². The molecule has 0 bridgehead atoms. The van der Waals surface area contributed by atoms with Gasteiger partial charge < -0.3 is 10.1 Å². The van der Waals surface area contributed by atoms with Gasteiger partial charge in [0.05, 0.1) is 17.3 Å². The van der Waals surface area contributed by atoms with E-state index in [-0.39, 0.29) is 0 Å². The summed E-state index contributed by atoms with van der Waals surface area (Å²) in [6.45, 7) is 8.34. The molecule has 17 heavy (non-hydrogen) atoms. The quantitative estimate of drug-likeness (QED) is 0.850. The van der Waals surface area contributed by atoms with Crippen molar-refractivity contribution in [2.75, 3.05) is 0 Å². The summed E-state index contributed by atoms with van der Waals surface area (Å²) in [6, 6.07) is 4.18. The Labute approximate surface area is 106 Å². The summed E-state index contributed by atoms with van der Waals surface area (Å²) in [6.07, 6.45) is 3.94. The summed E-state index contributed by atoms with van der Waals surface area (Å²) in [5.74, 6) is 0.902. The molecule has 0 aliphatic heterocycles. The number of pyridine rings is 1. The van der Waals surface area contributed by atoms with Crippen molar-refractivity contribution >= 4 is 17.3 Å². The lowest BCUT2D eigenvalue weighted by Crippen LogP contribution is -2.31. The fourth-order valence-electron chi connectivity index (χ4n) is 1.83. The van der Waals surface area contributed by atoms with Crippen LogP contribution >= 0.6 is 11.8 Å². The smallest absolute Gasteiger partial charge is 0.132 e. The molecule has 0 aliphatic carbocycles. The predicted octanol–water partition coefficient (Wildman–Crippen LogP) is 3.03. The number of rotatable bonds is 3. The molecular formula is C13H19N3S. The lowest BCUT2D eigenvalue weighted by molar-refractivity contribution is 0.511. The Morgan fingerprint density at radius 1 is 1.41 bits per heavy atom. The molecule has 0 aliphatic rings. The molecule has 4 heteroatoms. The second-order valence-corrected chi connectivity index (χ2v) is 6.72. The molecule has 92 valence electrons. The summed E-state index contributed by atoms with van der Waals surface area (Å²) in [5, 5.41) is 0.561. The number of hydrogen-bond donors (Lipinski definition) is 1. The Morgan fingerprint density at radius 3 is 2.71 bits per heavy atom. The summed E-state index contributed by atoms with van der Waals surface area (Å²) in [7, 11) is 0. The van der Waals surface area contributed by atoms with Crippen molar-refractivity contribution in [1.29, 1.82) is 0 Å². The van der Waals surface area contributed by atoms with Crippen molar-refractivity contribution in [1.82, 2.24) is 9.38 Å². The van der Waals surface area contributed by atoms with Crippen molar-refractivity contribution in [3.63, 3.8) is 0 Å². The third kappa shape index (κ3) is 2.48. The molecule has 0 aromatic carbocycles. The normalized spacial score (nSPS) is 12.6. The maximum atomic E-state index is 6.13. The number of aromatic nitrogens is 2. The van der Waals surface area contributed by atoms with E-state index in [1.807, 2.05) is 38.0 Å². The number of imidazole rings is 1. The van der Waals surface area contributed by atoms with Gasteiger partial charge in [0.1, 0.15) is 5.82 Å². The highest BCUT2D eigenvalue weighted by atomic mass is 32.2. The topological polar surface area (TPSA) is 43.3 Å². The molecule has 0 atom stereocenters. The Kier molecular flexibility index (Phi) is 3.19. The Hall–Kier alpha value is -1.00. The molecule has 0 radical (unpaired) electrons. The molecule has 2 aromatic rings. The van der Waals surface area contributed by atoms with Crippen molar-refractivity contribution in [2.24, 2.45) is 5.73 Å².